The van der Waals surface area contributed by atoms with Crippen LogP contribution in [0.25, 0.3) is 0 Å². The van der Waals surface area contributed by atoms with Crippen LogP contribution in [-0.2, 0) is 0 Å². The average molecular weight is 309 g/mol. The zero-order valence-electron chi connectivity index (χ0n) is 9.61. The molecular weight excluding hydrogens is 299 g/mol. The lowest BCUT2D eigenvalue weighted by atomic mass is 10.0. The molecule has 2 aromatic carbocycles. The molecule has 0 N–H and O–H groups in total. The molecule has 0 radical (unpaired) electrons. The number of ether oxygens (including phenoxy) is 1. The maximum atomic E-state index is 13.8. The number of hydrogen-bond donors (Lipinski definition) is 0. The minimum atomic E-state index is -0.551. The van der Waals surface area contributed by atoms with Crippen molar-refractivity contribution in [3.63, 3.8) is 0 Å². The first-order valence-corrected chi connectivity index (χ1v) is 6.05. The molecule has 0 saturated carbocycles. The number of methoxy groups -OCH3 is 1. The molecule has 4 heteroatoms. The minimum absolute atomic E-state index is 0.0395. The van der Waals surface area contributed by atoms with E-state index in [1.54, 1.807) is 36.4 Å². The van der Waals surface area contributed by atoms with Crippen molar-refractivity contribution in [3.8, 4) is 5.75 Å². The van der Waals surface area contributed by atoms with E-state index in [0.29, 0.717) is 11.3 Å². The Morgan fingerprint density at radius 3 is 2.67 bits per heavy atom. The standard InChI is InChI=1S/C14H10BrFO2/c1-18-10-5-2-4-9(8-10)14(17)11-6-3-7-12(15)13(11)16/h2-8H,1H3. The maximum Gasteiger partial charge on any atom is 0.196 e. The predicted octanol–water partition coefficient (Wildman–Crippen LogP) is 3.83. The van der Waals surface area contributed by atoms with Crippen LogP contribution in [0, 0.1) is 5.82 Å². The van der Waals surface area contributed by atoms with Crippen molar-refractivity contribution < 1.29 is 13.9 Å². The molecule has 0 bridgehead atoms. The molecule has 0 aliphatic rings. The van der Waals surface area contributed by atoms with Gasteiger partial charge in [-0.15, -0.1) is 0 Å². The second-order valence-electron chi connectivity index (χ2n) is 3.66. The lowest BCUT2D eigenvalue weighted by molar-refractivity contribution is 0.103. The fourth-order valence-corrected chi connectivity index (χ4v) is 1.97. The van der Waals surface area contributed by atoms with E-state index in [4.69, 9.17) is 4.74 Å². The number of halogens is 2. The maximum absolute atomic E-state index is 13.8. The SMILES string of the molecule is COc1cccc(C(=O)c2cccc(Br)c2F)c1. The van der Waals surface area contributed by atoms with Crippen LogP contribution in [0.2, 0.25) is 0 Å². The topological polar surface area (TPSA) is 26.3 Å². The molecule has 0 aliphatic heterocycles. The summed E-state index contributed by atoms with van der Waals surface area (Å²) in [5, 5.41) is 0. The quantitative estimate of drug-likeness (QED) is 0.806. The average Bonchev–Trinajstić information content (AvgIpc) is 2.41. The normalized spacial score (nSPS) is 10.2. The molecule has 0 aliphatic carbocycles. The molecule has 0 atom stereocenters. The van der Waals surface area contributed by atoms with Gasteiger partial charge in [0.15, 0.2) is 5.78 Å². The Labute approximate surface area is 113 Å². The Morgan fingerprint density at radius 2 is 1.94 bits per heavy atom. The summed E-state index contributed by atoms with van der Waals surface area (Å²) in [7, 11) is 1.52. The van der Waals surface area contributed by atoms with E-state index in [1.807, 2.05) is 0 Å². The van der Waals surface area contributed by atoms with E-state index < -0.39 is 5.82 Å². The first-order chi connectivity index (χ1) is 8.63. The van der Waals surface area contributed by atoms with E-state index in [1.165, 1.54) is 13.2 Å². The Kier molecular flexibility index (Phi) is 3.77. The van der Waals surface area contributed by atoms with Crippen LogP contribution >= 0.6 is 15.9 Å². The van der Waals surface area contributed by atoms with E-state index in [0.717, 1.165) is 0 Å². The van der Waals surface area contributed by atoms with Gasteiger partial charge in [0.05, 0.1) is 17.1 Å². The summed E-state index contributed by atoms with van der Waals surface area (Å²) in [6.45, 7) is 0. The fourth-order valence-electron chi connectivity index (χ4n) is 1.60. The van der Waals surface area contributed by atoms with Gasteiger partial charge in [-0.05, 0) is 40.2 Å². The van der Waals surface area contributed by atoms with Crippen molar-refractivity contribution in [2.75, 3.05) is 7.11 Å². The van der Waals surface area contributed by atoms with Gasteiger partial charge in [0, 0.05) is 5.56 Å². The number of rotatable bonds is 3. The zero-order valence-corrected chi connectivity index (χ0v) is 11.2. The van der Waals surface area contributed by atoms with Crippen LogP contribution in [0.4, 0.5) is 4.39 Å². The molecule has 0 amide bonds. The molecule has 0 unspecified atom stereocenters. The second kappa shape index (κ2) is 5.31. The third-order valence-electron chi connectivity index (χ3n) is 2.53. The zero-order chi connectivity index (χ0) is 13.1. The summed E-state index contributed by atoms with van der Waals surface area (Å²) >= 11 is 3.06. The lowest BCUT2D eigenvalue weighted by Crippen LogP contribution is -2.04. The van der Waals surface area contributed by atoms with Crippen molar-refractivity contribution in [1.29, 1.82) is 0 Å². The van der Waals surface area contributed by atoms with Gasteiger partial charge in [0.25, 0.3) is 0 Å². The summed E-state index contributed by atoms with van der Waals surface area (Å²) in [5.41, 5.74) is 0.434. The van der Waals surface area contributed by atoms with E-state index in [2.05, 4.69) is 15.9 Å². The van der Waals surface area contributed by atoms with Crippen molar-refractivity contribution >= 4 is 21.7 Å². The highest BCUT2D eigenvalue weighted by Gasteiger charge is 2.16. The molecule has 2 nitrogen and oxygen atoms in total. The third-order valence-corrected chi connectivity index (χ3v) is 3.14. The van der Waals surface area contributed by atoms with Crippen molar-refractivity contribution in [3.05, 3.63) is 63.9 Å². The van der Waals surface area contributed by atoms with Gasteiger partial charge in [-0.1, -0.05) is 18.2 Å². The number of carbonyl (C=O) groups is 1. The highest BCUT2D eigenvalue weighted by molar-refractivity contribution is 9.10. The number of ketones is 1. The fraction of sp³-hybridized carbons (Fsp3) is 0.0714. The number of hydrogen-bond acceptors (Lipinski definition) is 2. The summed E-state index contributed by atoms with van der Waals surface area (Å²) in [5.74, 6) is -0.353. The summed E-state index contributed by atoms with van der Waals surface area (Å²) in [6.07, 6.45) is 0. The van der Waals surface area contributed by atoms with Crippen LogP contribution in [-0.4, -0.2) is 12.9 Å². The van der Waals surface area contributed by atoms with Crippen LogP contribution in [0.1, 0.15) is 15.9 Å². The van der Waals surface area contributed by atoms with Gasteiger partial charge in [-0.25, -0.2) is 4.39 Å². The van der Waals surface area contributed by atoms with E-state index in [-0.39, 0.29) is 15.8 Å². The second-order valence-corrected chi connectivity index (χ2v) is 4.52. The molecule has 2 rings (SSSR count). The molecule has 0 spiro atoms. The summed E-state index contributed by atoms with van der Waals surface area (Å²) in [6, 6.07) is 11.3. The molecular formula is C14H10BrFO2. The number of carbonyl (C=O) groups excluding carboxylic acids is 1. The lowest BCUT2D eigenvalue weighted by Gasteiger charge is -2.05. The van der Waals surface area contributed by atoms with E-state index >= 15 is 0 Å². The Hall–Kier alpha value is -1.68. The first kappa shape index (κ1) is 12.8. The first-order valence-electron chi connectivity index (χ1n) is 5.26. The van der Waals surface area contributed by atoms with Gasteiger partial charge >= 0.3 is 0 Å². The Morgan fingerprint density at radius 1 is 1.22 bits per heavy atom. The van der Waals surface area contributed by atoms with E-state index in [9.17, 15) is 9.18 Å². The van der Waals surface area contributed by atoms with Gasteiger partial charge in [-0.3, -0.25) is 4.79 Å². The molecule has 0 fully saturated rings. The molecule has 92 valence electrons. The van der Waals surface area contributed by atoms with Gasteiger partial charge < -0.3 is 4.74 Å². The van der Waals surface area contributed by atoms with Gasteiger partial charge in [0.2, 0.25) is 0 Å². The van der Waals surface area contributed by atoms with Gasteiger partial charge in [0.1, 0.15) is 11.6 Å². The monoisotopic (exact) mass is 308 g/mol. The molecule has 18 heavy (non-hydrogen) atoms. The third kappa shape index (κ3) is 2.43. The minimum Gasteiger partial charge on any atom is -0.497 e. The van der Waals surface area contributed by atoms with Crippen LogP contribution < -0.4 is 4.74 Å². The smallest absolute Gasteiger partial charge is 0.196 e. The van der Waals surface area contributed by atoms with Crippen molar-refractivity contribution in [1.82, 2.24) is 0 Å². The number of benzene rings is 2. The highest BCUT2D eigenvalue weighted by atomic mass is 79.9. The Bertz CT molecular complexity index is 596. The molecule has 0 saturated heterocycles. The van der Waals surface area contributed by atoms with Crippen molar-refractivity contribution in [2.24, 2.45) is 0 Å². The molecule has 2 aromatic rings. The Balaban J connectivity index is 2.44. The summed E-state index contributed by atoms with van der Waals surface area (Å²) in [4.78, 5) is 12.2. The summed E-state index contributed by atoms with van der Waals surface area (Å²) < 4.78 is 19.1. The largest absolute Gasteiger partial charge is 0.497 e. The van der Waals surface area contributed by atoms with Crippen LogP contribution in [0.15, 0.2) is 46.9 Å². The van der Waals surface area contributed by atoms with Gasteiger partial charge in [-0.2, -0.15) is 0 Å². The van der Waals surface area contributed by atoms with Crippen LogP contribution in [0.5, 0.6) is 5.75 Å². The predicted molar refractivity (Wildman–Crippen MR) is 70.5 cm³/mol. The van der Waals surface area contributed by atoms with Crippen LogP contribution in [0.3, 0.4) is 0 Å². The molecule has 0 heterocycles. The van der Waals surface area contributed by atoms with Crippen molar-refractivity contribution in [2.45, 2.75) is 0 Å². The molecule has 0 aromatic heterocycles. The highest BCUT2D eigenvalue weighted by Crippen LogP contribution is 2.22.